The molecule has 116 valence electrons. The lowest BCUT2D eigenvalue weighted by Gasteiger charge is -2.06. The predicted molar refractivity (Wildman–Crippen MR) is 83.5 cm³/mol. The molecule has 2 aromatic carbocycles. The van der Waals surface area contributed by atoms with Crippen LogP contribution in [0.2, 0.25) is 0 Å². The average Bonchev–Trinajstić information content (AvgIpc) is 2.52. The van der Waals surface area contributed by atoms with E-state index >= 15 is 0 Å². The van der Waals surface area contributed by atoms with E-state index in [9.17, 15) is 18.0 Å². The van der Waals surface area contributed by atoms with Crippen molar-refractivity contribution in [3.8, 4) is 12.3 Å². The van der Waals surface area contributed by atoms with Crippen LogP contribution in [0.5, 0.6) is 0 Å². The largest absolute Gasteiger partial charge is 0.416 e. The number of carbonyl (C=O) groups is 1. The van der Waals surface area contributed by atoms with Gasteiger partial charge < -0.3 is 5.32 Å². The number of carbonyl (C=O) groups excluding carboxylic acids is 1. The van der Waals surface area contributed by atoms with Crippen molar-refractivity contribution in [2.24, 2.45) is 0 Å². The second-order valence-electron chi connectivity index (χ2n) is 4.67. The van der Waals surface area contributed by atoms with E-state index in [0.29, 0.717) is 16.8 Å². The molecule has 0 atom stereocenters. The first-order valence-corrected chi connectivity index (χ1v) is 6.61. The molecule has 2 aromatic rings. The summed E-state index contributed by atoms with van der Waals surface area (Å²) in [4.78, 5) is 11.8. The molecule has 2 nitrogen and oxygen atoms in total. The predicted octanol–water partition coefficient (Wildman–Crippen LogP) is 4.34. The maximum absolute atomic E-state index is 12.4. The van der Waals surface area contributed by atoms with Gasteiger partial charge in [-0.05, 0) is 42.0 Å². The SMILES string of the molecule is C#Cc1cccc(NC(=O)/C=C/c2ccc(C(F)(F)F)cc2)c1. The molecule has 0 saturated carbocycles. The normalized spacial score (nSPS) is 11.2. The molecule has 0 aliphatic carbocycles. The summed E-state index contributed by atoms with van der Waals surface area (Å²) in [6.45, 7) is 0. The van der Waals surface area contributed by atoms with Gasteiger partial charge in [-0.25, -0.2) is 0 Å². The summed E-state index contributed by atoms with van der Waals surface area (Å²) in [7, 11) is 0. The molecule has 0 bridgehead atoms. The summed E-state index contributed by atoms with van der Waals surface area (Å²) in [6, 6.07) is 11.3. The van der Waals surface area contributed by atoms with Crippen molar-refractivity contribution in [1.29, 1.82) is 0 Å². The van der Waals surface area contributed by atoms with Crippen LogP contribution in [0.3, 0.4) is 0 Å². The van der Waals surface area contributed by atoms with Gasteiger partial charge in [0.2, 0.25) is 5.91 Å². The summed E-state index contributed by atoms with van der Waals surface area (Å²) in [5, 5.41) is 2.62. The number of nitrogens with one attached hydrogen (secondary N) is 1. The van der Waals surface area contributed by atoms with Gasteiger partial charge in [0.05, 0.1) is 5.56 Å². The standard InChI is InChI=1S/C18H12F3NO/c1-2-13-4-3-5-16(12-13)22-17(23)11-8-14-6-9-15(10-7-14)18(19,20)21/h1,3-12H,(H,22,23)/b11-8+. The molecule has 1 N–H and O–H groups in total. The van der Waals surface area contributed by atoms with E-state index in [1.54, 1.807) is 24.3 Å². The zero-order valence-corrected chi connectivity index (χ0v) is 11.9. The van der Waals surface area contributed by atoms with Crippen LogP contribution >= 0.6 is 0 Å². The molecule has 0 heterocycles. The van der Waals surface area contributed by atoms with Crippen LogP contribution in [0, 0.1) is 12.3 Å². The third kappa shape index (κ3) is 4.75. The van der Waals surface area contributed by atoms with Crippen molar-refractivity contribution in [1.82, 2.24) is 0 Å². The summed E-state index contributed by atoms with van der Waals surface area (Å²) >= 11 is 0. The third-order valence-corrected chi connectivity index (χ3v) is 2.96. The highest BCUT2D eigenvalue weighted by Crippen LogP contribution is 2.29. The molecule has 0 aliphatic heterocycles. The highest BCUT2D eigenvalue weighted by atomic mass is 19.4. The molecule has 5 heteroatoms. The second kappa shape index (κ2) is 6.84. The Morgan fingerprint density at radius 1 is 1.13 bits per heavy atom. The highest BCUT2D eigenvalue weighted by Gasteiger charge is 2.29. The van der Waals surface area contributed by atoms with Crippen molar-refractivity contribution in [3.05, 3.63) is 71.3 Å². The van der Waals surface area contributed by atoms with E-state index in [1.165, 1.54) is 24.3 Å². The van der Waals surface area contributed by atoms with Crippen molar-refractivity contribution >= 4 is 17.7 Å². The molecule has 0 spiro atoms. The molecule has 23 heavy (non-hydrogen) atoms. The third-order valence-electron chi connectivity index (χ3n) is 2.96. The van der Waals surface area contributed by atoms with E-state index < -0.39 is 17.6 Å². The van der Waals surface area contributed by atoms with Gasteiger partial charge >= 0.3 is 6.18 Å². The first kappa shape index (κ1) is 16.4. The van der Waals surface area contributed by atoms with E-state index in [1.807, 2.05) is 0 Å². The monoisotopic (exact) mass is 315 g/mol. The summed E-state index contributed by atoms with van der Waals surface area (Å²) < 4.78 is 37.3. The first-order chi connectivity index (χ1) is 10.9. The number of rotatable bonds is 3. The van der Waals surface area contributed by atoms with Gasteiger partial charge in [0, 0.05) is 17.3 Å². The Kier molecular flexibility index (Phi) is 4.87. The molecule has 0 aliphatic rings. The van der Waals surface area contributed by atoms with Crippen molar-refractivity contribution in [3.63, 3.8) is 0 Å². The van der Waals surface area contributed by atoms with E-state index in [4.69, 9.17) is 6.42 Å². The number of terminal acetylenes is 1. The minimum Gasteiger partial charge on any atom is -0.322 e. The van der Waals surface area contributed by atoms with Crippen LogP contribution in [0.25, 0.3) is 6.08 Å². The number of benzene rings is 2. The molecule has 0 radical (unpaired) electrons. The van der Waals surface area contributed by atoms with E-state index in [2.05, 4.69) is 11.2 Å². The van der Waals surface area contributed by atoms with Crippen LogP contribution in [0.1, 0.15) is 16.7 Å². The average molecular weight is 315 g/mol. The number of anilines is 1. The van der Waals surface area contributed by atoms with Gasteiger partial charge in [-0.2, -0.15) is 13.2 Å². The van der Waals surface area contributed by atoms with Gasteiger partial charge in [0.1, 0.15) is 0 Å². The maximum Gasteiger partial charge on any atom is 0.416 e. The summed E-state index contributed by atoms with van der Waals surface area (Å²) in [6.07, 6.45) is 3.57. The smallest absolute Gasteiger partial charge is 0.322 e. The summed E-state index contributed by atoms with van der Waals surface area (Å²) in [5.41, 5.74) is 0.938. The van der Waals surface area contributed by atoms with Crippen LogP contribution in [0.15, 0.2) is 54.6 Å². The Morgan fingerprint density at radius 2 is 1.83 bits per heavy atom. The molecular formula is C18H12F3NO. The zero-order valence-electron chi connectivity index (χ0n) is 11.9. The zero-order chi connectivity index (χ0) is 16.9. The molecule has 1 amide bonds. The number of hydrogen-bond acceptors (Lipinski definition) is 1. The van der Waals surface area contributed by atoms with E-state index in [0.717, 1.165) is 12.1 Å². The van der Waals surface area contributed by atoms with E-state index in [-0.39, 0.29) is 0 Å². The van der Waals surface area contributed by atoms with Crippen molar-refractivity contribution in [2.75, 3.05) is 5.32 Å². The maximum atomic E-state index is 12.4. The van der Waals surface area contributed by atoms with Gasteiger partial charge in [-0.15, -0.1) is 6.42 Å². The minimum absolute atomic E-state index is 0.404. The van der Waals surface area contributed by atoms with Gasteiger partial charge in [-0.3, -0.25) is 4.79 Å². The molecule has 0 aromatic heterocycles. The molecular weight excluding hydrogens is 303 g/mol. The Balaban J connectivity index is 2.02. The van der Waals surface area contributed by atoms with Crippen LogP contribution in [0.4, 0.5) is 18.9 Å². The number of halogens is 3. The lowest BCUT2D eigenvalue weighted by atomic mass is 10.1. The van der Waals surface area contributed by atoms with Crippen LogP contribution < -0.4 is 5.32 Å². The topological polar surface area (TPSA) is 29.1 Å². The number of amides is 1. The molecule has 0 unspecified atom stereocenters. The Morgan fingerprint density at radius 3 is 2.43 bits per heavy atom. The summed E-state index contributed by atoms with van der Waals surface area (Å²) in [5.74, 6) is 2.05. The lowest BCUT2D eigenvalue weighted by molar-refractivity contribution is -0.137. The van der Waals surface area contributed by atoms with Crippen LogP contribution in [-0.4, -0.2) is 5.91 Å². The second-order valence-corrected chi connectivity index (χ2v) is 4.67. The molecule has 0 saturated heterocycles. The lowest BCUT2D eigenvalue weighted by Crippen LogP contribution is -2.07. The van der Waals surface area contributed by atoms with Crippen molar-refractivity contribution < 1.29 is 18.0 Å². The fraction of sp³-hybridized carbons (Fsp3) is 0.0556. The Hall–Kier alpha value is -3.00. The minimum atomic E-state index is -4.37. The Bertz CT molecular complexity index is 768. The number of alkyl halides is 3. The van der Waals surface area contributed by atoms with Gasteiger partial charge in [-0.1, -0.05) is 24.1 Å². The molecule has 2 rings (SSSR count). The quantitative estimate of drug-likeness (QED) is 0.662. The van der Waals surface area contributed by atoms with Crippen LogP contribution in [-0.2, 0) is 11.0 Å². The first-order valence-electron chi connectivity index (χ1n) is 6.61. The molecule has 0 fully saturated rings. The fourth-order valence-electron chi connectivity index (χ4n) is 1.83. The Labute approximate surface area is 131 Å². The fourth-order valence-corrected chi connectivity index (χ4v) is 1.83. The highest BCUT2D eigenvalue weighted by molar-refractivity contribution is 6.02. The van der Waals surface area contributed by atoms with Crippen molar-refractivity contribution in [2.45, 2.75) is 6.18 Å². The number of hydrogen-bond donors (Lipinski definition) is 1. The van der Waals surface area contributed by atoms with Gasteiger partial charge in [0.25, 0.3) is 0 Å². The van der Waals surface area contributed by atoms with Gasteiger partial charge in [0.15, 0.2) is 0 Å².